The minimum atomic E-state index is -0.383. The molecular weight excluding hydrogens is 324 g/mol. The summed E-state index contributed by atoms with van der Waals surface area (Å²) in [6.45, 7) is 4.07. The van der Waals surface area contributed by atoms with Crippen LogP contribution in [0, 0.1) is 10.1 Å². The van der Waals surface area contributed by atoms with Crippen LogP contribution < -0.4 is 5.32 Å². The molecule has 1 aromatic heterocycles. The quantitative estimate of drug-likeness (QED) is 0.361. The number of benzene rings is 1. The molecule has 24 heavy (non-hydrogen) atoms. The average Bonchev–Trinajstić information content (AvgIpc) is 3.10. The van der Waals surface area contributed by atoms with Crippen molar-refractivity contribution >= 4 is 23.0 Å². The number of nitro benzene ring substituents is 1. The van der Waals surface area contributed by atoms with Gasteiger partial charge in [0.1, 0.15) is 0 Å². The highest BCUT2D eigenvalue weighted by atomic mass is 32.1. The maximum atomic E-state index is 10.8. The van der Waals surface area contributed by atoms with Gasteiger partial charge >= 0.3 is 0 Å². The Hall–Kier alpha value is -2.41. The Balaban J connectivity index is 2.01. The summed E-state index contributed by atoms with van der Waals surface area (Å²) >= 11 is 1.75. The van der Waals surface area contributed by atoms with Gasteiger partial charge in [-0.25, -0.2) is 4.99 Å². The van der Waals surface area contributed by atoms with Crippen molar-refractivity contribution in [3.63, 3.8) is 0 Å². The van der Waals surface area contributed by atoms with E-state index in [0.717, 1.165) is 31.0 Å². The van der Waals surface area contributed by atoms with E-state index < -0.39 is 0 Å². The van der Waals surface area contributed by atoms with E-state index in [2.05, 4.69) is 32.7 Å². The van der Waals surface area contributed by atoms with Crippen molar-refractivity contribution in [2.24, 2.45) is 4.99 Å². The summed E-state index contributed by atoms with van der Waals surface area (Å²) in [7, 11) is 2.00. The van der Waals surface area contributed by atoms with Crippen molar-refractivity contribution in [2.75, 3.05) is 20.1 Å². The molecule has 0 spiro atoms. The molecule has 0 atom stereocenters. The minimum Gasteiger partial charge on any atom is -0.357 e. The number of nitrogens with one attached hydrogen (secondary N) is 1. The number of thiophene rings is 1. The van der Waals surface area contributed by atoms with E-state index >= 15 is 0 Å². The SMILES string of the molecule is CCNC(=NCc1cccc([N+](=O)[O-])c1)N(C)CCc1cccs1. The molecule has 0 radical (unpaired) electrons. The van der Waals surface area contributed by atoms with E-state index in [0.29, 0.717) is 6.54 Å². The fourth-order valence-corrected chi connectivity index (χ4v) is 2.94. The average molecular weight is 346 g/mol. The molecule has 0 aliphatic rings. The zero-order valence-electron chi connectivity index (χ0n) is 13.9. The molecule has 2 rings (SSSR count). The van der Waals surface area contributed by atoms with Gasteiger partial charge in [0.15, 0.2) is 5.96 Å². The molecule has 1 aromatic carbocycles. The number of nitrogens with zero attached hydrogens (tertiary/aromatic N) is 3. The van der Waals surface area contributed by atoms with Crippen LogP contribution >= 0.6 is 11.3 Å². The molecule has 0 bridgehead atoms. The molecule has 0 saturated carbocycles. The van der Waals surface area contributed by atoms with Gasteiger partial charge < -0.3 is 10.2 Å². The summed E-state index contributed by atoms with van der Waals surface area (Å²) in [5.74, 6) is 0.806. The molecule has 0 fully saturated rings. The van der Waals surface area contributed by atoms with Gasteiger partial charge in [-0.2, -0.15) is 0 Å². The summed E-state index contributed by atoms with van der Waals surface area (Å²) in [6.07, 6.45) is 0.968. The van der Waals surface area contributed by atoms with E-state index in [9.17, 15) is 10.1 Å². The first kappa shape index (κ1) is 17.9. The number of rotatable bonds is 7. The van der Waals surface area contributed by atoms with Crippen LogP contribution in [0.3, 0.4) is 0 Å². The minimum absolute atomic E-state index is 0.0961. The van der Waals surface area contributed by atoms with E-state index in [4.69, 9.17) is 0 Å². The Morgan fingerprint density at radius 3 is 2.88 bits per heavy atom. The van der Waals surface area contributed by atoms with Gasteiger partial charge in [-0.1, -0.05) is 18.2 Å². The molecule has 0 amide bonds. The molecule has 1 heterocycles. The fraction of sp³-hybridized carbons (Fsp3) is 0.353. The summed E-state index contributed by atoms with van der Waals surface area (Å²) in [4.78, 5) is 18.5. The Bertz CT molecular complexity index is 686. The Kier molecular flexibility index (Phi) is 6.74. The summed E-state index contributed by atoms with van der Waals surface area (Å²) in [5, 5.41) is 16.2. The number of likely N-dealkylation sites (N-methyl/N-ethyl adjacent to an activating group) is 1. The van der Waals surface area contributed by atoms with Gasteiger partial charge in [-0.05, 0) is 30.4 Å². The number of hydrogen-bond donors (Lipinski definition) is 1. The van der Waals surface area contributed by atoms with Crippen LogP contribution in [0.4, 0.5) is 5.69 Å². The van der Waals surface area contributed by atoms with Crippen molar-refractivity contribution < 1.29 is 4.92 Å². The zero-order valence-corrected chi connectivity index (χ0v) is 14.8. The van der Waals surface area contributed by atoms with E-state index in [-0.39, 0.29) is 10.6 Å². The first-order valence-electron chi connectivity index (χ1n) is 7.85. The van der Waals surface area contributed by atoms with Crippen LogP contribution in [0.1, 0.15) is 17.4 Å². The predicted octanol–water partition coefficient (Wildman–Crippen LogP) is 3.30. The number of aliphatic imine (C=N–C) groups is 1. The van der Waals surface area contributed by atoms with Crippen LogP contribution in [0.15, 0.2) is 46.8 Å². The standard InChI is InChI=1S/C17H22N4O2S/c1-3-18-17(20(2)10-9-16-8-5-11-24-16)19-13-14-6-4-7-15(12-14)21(22)23/h4-8,11-12H,3,9-10,13H2,1-2H3,(H,18,19). The highest BCUT2D eigenvalue weighted by Gasteiger charge is 2.08. The van der Waals surface area contributed by atoms with E-state index in [1.165, 1.54) is 10.9 Å². The second-order valence-corrected chi connectivity index (χ2v) is 6.38. The largest absolute Gasteiger partial charge is 0.357 e. The molecule has 2 aromatic rings. The van der Waals surface area contributed by atoms with Crippen molar-refractivity contribution in [2.45, 2.75) is 19.9 Å². The van der Waals surface area contributed by atoms with E-state index in [1.807, 2.05) is 20.0 Å². The monoisotopic (exact) mass is 346 g/mol. The molecule has 0 aliphatic heterocycles. The van der Waals surface area contributed by atoms with Crippen LogP contribution in [-0.4, -0.2) is 35.9 Å². The molecule has 0 unspecified atom stereocenters. The Labute approximate surface area is 146 Å². The molecule has 0 saturated heterocycles. The highest BCUT2D eigenvalue weighted by molar-refractivity contribution is 7.09. The highest BCUT2D eigenvalue weighted by Crippen LogP contribution is 2.14. The first-order valence-corrected chi connectivity index (χ1v) is 8.73. The van der Waals surface area contributed by atoms with Gasteiger partial charge in [0, 0.05) is 37.1 Å². The summed E-state index contributed by atoms with van der Waals surface area (Å²) in [6, 6.07) is 10.8. The molecular formula is C17H22N4O2S. The van der Waals surface area contributed by atoms with Crippen LogP contribution in [0.2, 0.25) is 0 Å². The normalized spacial score (nSPS) is 11.3. The third kappa shape index (κ3) is 5.34. The van der Waals surface area contributed by atoms with E-state index in [1.54, 1.807) is 23.5 Å². The lowest BCUT2D eigenvalue weighted by Gasteiger charge is -2.21. The van der Waals surface area contributed by atoms with Gasteiger partial charge in [0.25, 0.3) is 5.69 Å². The number of hydrogen-bond acceptors (Lipinski definition) is 4. The van der Waals surface area contributed by atoms with Gasteiger partial charge in [0.05, 0.1) is 11.5 Å². The lowest BCUT2D eigenvalue weighted by molar-refractivity contribution is -0.384. The van der Waals surface area contributed by atoms with Crippen LogP contribution in [0.25, 0.3) is 0 Å². The summed E-state index contributed by atoms with van der Waals surface area (Å²) in [5.41, 5.74) is 0.921. The topological polar surface area (TPSA) is 70.8 Å². The number of non-ortho nitro benzene ring substituents is 1. The first-order chi connectivity index (χ1) is 11.6. The second-order valence-electron chi connectivity index (χ2n) is 5.35. The molecule has 0 aliphatic carbocycles. The molecule has 1 N–H and O–H groups in total. The molecule has 7 heteroatoms. The van der Waals surface area contributed by atoms with Crippen molar-refractivity contribution in [3.05, 3.63) is 62.3 Å². The van der Waals surface area contributed by atoms with Crippen molar-refractivity contribution in [1.82, 2.24) is 10.2 Å². The molecule has 6 nitrogen and oxygen atoms in total. The lowest BCUT2D eigenvalue weighted by Crippen LogP contribution is -2.39. The predicted molar refractivity (Wildman–Crippen MR) is 98.6 cm³/mol. The van der Waals surface area contributed by atoms with Gasteiger partial charge in [-0.15, -0.1) is 11.3 Å². The lowest BCUT2D eigenvalue weighted by atomic mass is 10.2. The summed E-state index contributed by atoms with van der Waals surface area (Å²) < 4.78 is 0. The third-order valence-corrected chi connectivity index (χ3v) is 4.44. The van der Waals surface area contributed by atoms with Gasteiger partial charge in [-0.3, -0.25) is 10.1 Å². The number of nitro groups is 1. The van der Waals surface area contributed by atoms with Gasteiger partial charge in [0.2, 0.25) is 0 Å². The molecule has 128 valence electrons. The fourth-order valence-electron chi connectivity index (χ4n) is 2.24. The smallest absolute Gasteiger partial charge is 0.269 e. The maximum absolute atomic E-state index is 10.8. The van der Waals surface area contributed by atoms with Crippen molar-refractivity contribution in [1.29, 1.82) is 0 Å². The van der Waals surface area contributed by atoms with Crippen LogP contribution in [0.5, 0.6) is 0 Å². The third-order valence-electron chi connectivity index (χ3n) is 3.50. The van der Waals surface area contributed by atoms with Crippen molar-refractivity contribution in [3.8, 4) is 0 Å². The second kappa shape index (κ2) is 9.02. The Morgan fingerprint density at radius 1 is 1.38 bits per heavy atom. The van der Waals surface area contributed by atoms with Crippen LogP contribution in [-0.2, 0) is 13.0 Å². The maximum Gasteiger partial charge on any atom is 0.269 e. The zero-order chi connectivity index (χ0) is 17.4. The number of guanidine groups is 1. The Morgan fingerprint density at radius 2 is 2.21 bits per heavy atom.